The van der Waals surface area contributed by atoms with Gasteiger partial charge in [0, 0.05) is 23.5 Å². The fourth-order valence-electron chi connectivity index (χ4n) is 4.69. The highest BCUT2D eigenvalue weighted by atomic mass is 16.6. The van der Waals surface area contributed by atoms with Crippen molar-refractivity contribution >= 4 is 17.9 Å². The quantitative estimate of drug-likeness (QED) is 0.258. The van der Waals surface area contributed by atoms with Gasteiger partial charge in [-0.15, -0.1) is 0 Å². The Morgan fingerprint density at radius 1 is 1.21 bits per heavy atom. The Morgan fingerprint density at radius 2 is 1.91 bits per heavy atom. The third-order valence-electron chi connectivity index (χ3n) is 6.49. The van der Waals surface area contributed by atoms with Gasteiger partial charge in [0.1, 0.15) is 18.8 Å². The SMILES string of the molecule is C=C1C(=O)OC2C3C(C)=CCC3=C(C)CC(OC(=O)C(=CCO)COC(=O)C(C)=CCO)C12. The molecule has 0 aromatic carbocycles. The van der Waals surface area contributed by atoms with Crippen LogP contribution in [0.2, 0.25) is 0 Å². The molecule has 0 spiro atoms. The number of carbonyl (C=O) groups excluding carboxylic acids is 3. The topological polar surface area (TPSA) is 119 Å². The molecular formula is C25H30O8. The van der Waals surface area contributed by atoms with E-state index in [-0.39, 0.29) is 29.2 Å². The summed E-state index contributed by atoms with van der Waals surface area (Å²) in [5.74, 6) is -2.51. The van der Waals surface area contributed by atoms with Crippen LogP contribution in [0.15, 0.2) is 58.2 Å². The third kappa shape index (κ3) is 5.02. The van der Waals surface area contributed by atoms with Gasteiger partial charge in [0.05, 0.1) is 24.7 Å². The molecule has 0 saturated carbocycles. The fourth-order valence-corrected chi connectivity index (χ4v) is 4.69. The van der Waals surface area contributed by atoms with Gasteiger partial charge < -0.3 is 24.4 Å². The van der Waals surface area contributed by atoms with Gasteiger partial charge in [-0.25, -0.2) is 14.4 Å². The lowest BCUT2D eigenvalue weighted by Gasteiger charge is -2.28. The Bertz CT molecular complexity index is 980. The molecule has 2 N–H and O–H groups in total. The molecule has 8 nitrogen and oxygen atoms in total. The fraction of sp³-hybridized carbons (Fsp3) is 0.480. The van der Waals surface area contributed by atoms with Crippen LogP contribution in [0.1, 0.15) is 33.6 Å². The summed E-state index contributed by atoms with van der Waals surface area (Å²) in [6, 6.07) is 0. The highest BCUT2D eigenvalue weighted by Gasteiger charge is 2.52. The number of hydrogen-bond acceptors (Lipinski definition) is 8. The monoisotopic (exact) mass is 458 g/mol. The van der Waals surface area contributed by atoms with Crippen LogP contribution in [0.3, 0.4) is 0 Å². The van der Waals surface area contributed by atoms with E-state index in [0.717, 1.165) is 17.6 Å². The molecule has 4 unspecified atom stereocenters. The van der Waals surface area contributed by atoms with Gasteiger partial charge in [-0.3, -0.25) is 0 Å². The molecule has 1 aliphatic heterocycles. The van der Waals surface area contributed by atoms with E-state index in [0.29, 0.717) is 6.42 Å². The minimum Gasteiger partial charge on any atom is -0.458 e. The molecule has 3 aliphatic rings. The Hall–Kier alpha value is -2.97. The van der Waals surface area contributed by atoms with Crippen LogP contribution < -0.4 is 0 Å². The second-order valence-corrected chi connectivity index (χ2v) is 8.56. The summed E-state index contributed by atoms with van der Waals surface area (Å²) in [6.45, 7) is 8.20. The Labute approximate surface area is 192 Å². The molecule has 1 saturated heterocycles. The zero-order chi connectivity index (χ0) is 24.3. The number of ether oxygens (including phenoxy) is 3. The largest absolute Gasteiger partial charge is 0.458 e. The number of fused-ring (bicyclic) bond motifs is 3. The summed E-state index contributed by atoms with van der Waals surface area (Å²) in [7, 11) is 0. The summed E-state index contributed by atoms with van der Waals surface area (Å²) < 4.78 is 16.6. The van der Waals surface area contributed by atoms with E-state index in [1.54, 1.807) is 0 Å². The Balaban J connectivity index is 1.80. The van der Waals surface area contributed by atoms with Crippen LogP contribution in [0.4, 0.5) is 0 Å². The maximum atomic E-state index is 13.0. The molecule has 0 amide bonds. The molecule has 2 aliphatic carbocycles. The average molecular weight is 459 g/mol. The van der Waals surface area contributed by atoms with Crippen molar-refractivity contribution in [2.75, 3.05) is 19.8 Å². The normalized spacial score (nSPS) is 27.5. The van der Waals surface area contributed by atoms with E-state index in [2.05, 4.69) is 12.7 Å². The van der Waals surface area contributed by atoms with Gasteiger partial charge in [0.2, 0.25) is 0 Å². The predicted octanol–water partition coefficient (Wildman–Crippen LogP) is 2.08. The van der Waals surface area contributed by atoms with Crippen molar-refractivity contribution in [3.63, 3.8) is 0 Å². The van der Waals surface area contributed by atoms with E-state index in [9.17, 15) is 19.5 Å². The van der Waals surface area contributed by atoms with E-state index in [1.165, 1.54) is 24.6 Å². The number of allylic oxidation sites excluding steroid dienone is 1. The number of aliphatic hydroxyl groups excluding tert-OH is 2. The predicted molar refractivity (Wildman–Crippen MR) is 119 cm³/mol. The van der Waals surface area contributed by atoms with Crippen LogP contribution in [0.5, 0.6) is 0 Å². The molecule has 1 fully saturated rings. The molecule has 0 radical (unpaired) electrons. The maximum Gasteiger partial charge on any atom is 0.337 e. The number of rotatable bonds is 7. The van der Waals surface area contributed by atoms with Gasteiger partial charge >= 0.3 is 17.9 Å². The standard InChI is InChI=1S/C25H30O8/c1-13-5-6-18-15(3)11-19(21-16(4)24(29)33-22(21)20(13)18)32-25(30)17(8-10-27)12-31-23(28)14(2)7-9-26/h5,7-8,19-22,26-27H,4,6,9-12H2,1-3H3. The van der Waals surface area contributed by atoms with Gasteiger partial charge in [-0.2, -0.15) is 0 Å². The molecule has 178 valence electrons. The van der Waals surface area contributed by atoms with Crippen LogP contribution in [0, 0.1) is 11.8 Å². The molecule has 8 heteroatoms. The Kier molecular flexibility index (Phi) is 7.71. The summed E-state index contributed by atoms with van der Waals surface area (Å²) in [4.78, 5) is 37.3. The van der Waals surface area contributed by atoms with Crippen LogP contribution in [-0.4, -0.2) is 60.1 Å². The molecule has 33 heavy (non-hydrogen) atoms. The number of esters is 3. The zero-order valence-electron chi connectivity index (χ0n) is 19.1. The first kappa shape index (κ1) is 24.7. The Morgan fingerprint density at radius 3 is 2.58 bits per heavy atom. The molecule has 3 rings (SSSR count). The van der Waals surface area contributed by atoms with Gasteiger partial charge in [-0.05, 0) is 39.3 Å². The van der Waals surface area contributed by atoms with Crippen molar-refractivity contribution in [2.24, 2.45) is 11.8 Å². The smallest absolute Gasteiger partial charge is 0.337 e. The van der Waals surface area contributed by atoms with Crippen molar-refractivity contribution in [1.29, 1.82) is 0 Å². The molecule has 4 atom stereocenters. The first-order chi connectivity index (χ1) is 15.7. The van der Waals surface area contributed by atoms with Gasteiger partial charge in [0.25, 0.3) is 0 Å². The molecule has 1 heterocycles. The lowest BCUT2D eigenvalue weighted by Crippen LogP contribution is -2.36. The number of hydrogen-bond donors (Lipinski definition) is 2. The van der Waals surface area contributed by atoms with E-state index in [1.807, 2.05) is 13.8 Å². The van der Waals surface area contributed by atoms with Crippen molar-refractivity contribution in [3.05, 3.63) is 58.2 Å². The van der Waals surface area contributed by atoms with Crippen molar-refractivity contribution in [2.45, 2.75) is 45.8 Å². The molecular weight excluding hydrogens is 428 g/mol. The van der Waals surface area contributed by atoms with Crippen molar-refractivity contribution in [1.82, 2.24) is 0 Å². The lowest BCUT2D eigenvalue weighted by atomic mass is 9.82. The molecule has 0 aromatic rings. The maximum absolute atomic E-state index is 13.0. The average Bonchev–Trinajstić information content (AvgIpc) is 3.25. The zero-order valence-corrected chi connectivity index (χ0v) is 19.1. The first-order valence-electron chi connectivity index (χ1n) is 10.9. The summed E-state index contributed by atoms with van der Waals surface area (Å²) in [5.41, 5.74) is 3.81. The van der Waals surface area contributed by atoms with Crippen molar-refractivity contribution < 1.29 is 38.8 Å². The van der Waals surface area contributed by atoms with Crippen LogP contribution >= 0.6 is 0 Å². The highest BCUT2D eigenvalue weighted by Crippen LogP contribution is 2.49. The molecule has 0 aromatic heterocycles. The highest BCUT2D eigenvalue weighted by molar-refractivity contribution is 5.93. The second-order valence-electron chi connectivity index (χ2n) is 8.56. The van der Waals surface area contributed by atoms with Gasteiger partial charge in [-0.1, -0.05) is 29.4 Å². The minimum atomic E-state index is -0.756. The number of carbonyl (C=O) groups is 3. The van der Waals surface area contributed by atoms with Crippen LogP contribution in [0.25, 0.3) is 0 Å². The summed E-state index contributed by atoms with van der Waals surface area (Å²) in [5, 5.41) is 18.2. The number of aliphatic hydroxyl groups is 2. The van der Waals surface area contributed by atoms with E-state index >= 15 is 0 Å². The first-order valence-corrected chi connectivity index (χ1v) is 10.9. The third-order valence-corrected chi connectivity index (χ3v) is 6.49. The second kappa shape index (κ2) is 10.3. The summed E-state index contributed by atoms with van der Waals surface area (Å²) >= 11 is 0. The minimum absolute atomic E-state index is 0.0270. The van der Waals surface area contributed by atoms with Gasteiger partial charge in [0.15, 0.2) is 0 Å². The van der Waals surface area contributed by atoms with Crippen molar-refractivity contribution in [3.8, 4) is 0 Å². The molecule has 0 bridgehead atoms. The van der Waals surface area contributed by atoms with E-state index < -0.39 is 49.2 Å². The van der Waals surface area contributed by atoms with Crippen LogP contribution in [-0.2, 0) is 28.6 Å². The summed E-state index contributed by atoms with van der Waals surface area (Å²) in [6.07, 6.45) is 4.62. The van der Waals surface area contributed by atoms with E-state index in [4.69, 9.17) is 19.3 Å². The lowest BCUT2D eigenvalue weighted by molar-refractivity contribution is -0.149.